The van der Waals surface area contributed by atoms with Crippen LogP contribution in [0, 0.1) is 5.92 Å². The molecule has 0 spiro atoms. The predicted octanol–water partition coefficient (Wildman–Crippen LogP) is 5.68. The first-order valence-corrected chi connectivity index (χ1v) is 13.9. The number of carbonyl (C=O) groups excluding carboxylic acids is 3. The van der Waals surface area contributed by atoms with Gasteiger partial charge in [-0.15, -0.1) is 0 Å². The van der Waals surface area contributed by atoms with Crippen LogP contribution in [0.2, 0.25) is 0 Å². The number of nitrogens with one attached hydrogen (secondary N) is 2. The molecule has 3 aromatic carbocycles. The van der Waals surface area contributed by atoms with E-state index in [4.69, 9.17) is 9.57 Å². The SMILES string of the molecule is COC(=O)[C@@H](NC(=O)CCCCCCC(=O)NOC(c1ccccc1)(c1ccccc1)c1ccccc1)C(C)C. The van der Waals surface area contributed by atoms with Crippen LogP contribution in [0.1, 0.15) is 69.1 Å². The van der Waals surface area contributed by atoms with Gasteiger partial charge in [-0.1, -0.05) is 118 Å². The van der Waals surface area contributed by atoms with Gasteiger partial charge in [-0.05, 0) is 35.4 Å². The van der Waals surface area contributed by atoms with Gasteiger partial charge < -0.3 is 10.1 Å². The van der Waals surface area contributed by atoms with Crippen molar-refractivity contribution in [2.24, 2.45) is 5.92 Å². The first kappa shape index (κ1) is 30.6. The number of amides is 2. The number of hydrogen-bond donors (Lipinski definition) is 2. The minimum Gasteiger partial charge on any atom is -0.467 e. The lowest BCUT2D eigenvalue weighted by Crippen LogP contribution is -2.44. The number of esters is 1. The number of methoxy groups -OCH3 is 1. The number of benzene rings is 3. The molecular weight excluding hydrogens is 504 g/mol. The largest absolute Gasteiger partial charge is 0.467 e. The van der Waals surface area contributed by atoms with Crippen molar-refractivity contribution in [3.8, 4) is 0 Å². The van der Waals surface area contributed by atoms with Gasteiger partial charge in [0.25, 0.3) is 0 Å². The summed E-state index contributed by atoms with van der Waals surface area (Å²) >= 11 is 0. The molecule has 3 rings (SSSR count). The minimum atomic E-state index is -1.02. The highest BCUT2D eigenvalue weighted by Crippen LogP contribution is 2.39. The van der Waals surface area contributed by atoms with Crippen molar-refractivity contribution in [2.45, 2.75) is 64.0 Å². The zero-order valence-corrected chi connectivity index (χ0v) is 23.6. The van der Waals surface area contributed by atoms with E-state index < -0.39 is 17.6 Å². The van der Waals surface area contributed by atoms with E-state index in [1.165, 1.54) is 7.11 Å². The zero-order valence-electron chi connectivity index (χ0n) is 23.6. The highest BCUT2D eigenvalue weighted by atomic mass is 16.7. The zero-order chi connectivity index (χ0) is 28.8. The molecule has 0 fully saturated rings. The molecule has 0 heterocycles. The van der Waals surface area contributed by atoms with Gasteiger partial charge in [0, 0.05) is 12.8 Å². The minimum absolute atomic E-state index is 0.0541. The summed E-state index contributed by atoms with van der Waals surface area (Å²) < 4.78 is 4.77. The van der Waals surface area contributed by atoms with Crippen molar-refractivity contribution >= 4 is 17.8 Å². The van der Waals surface area contributed by atoms with Crippen LogP contribution < -0.4 is 10.8 Å². The van der Waals surface area contributed by atoms with Crippen molar-refractivity contribution in [1.29, 1.82) is 0 Å². The lowest BCUT2D eigenvalue weighted by Gasteiger charge is -2.35. The third kappa shape index (κ3) is 8.26. The lowest BCUT2D eigenvalue weighted by molar-refractivity contribution is -0.146. The molecule has 2 amide bonds. The van der Waals surface area contributed by atoms with E-state index in [1.807, 2.05) is 105 Å². The van der Waals surface area contributed by atoms with Crippen molar-refractivity contribution in [3.63, 3.8) is 0 Å². The van der Waals surface area contributed by atoms with Gasteiger partial charge in [0.15, 0.2) is 5.60 Å². The monoisotopic (exact) mass is 544 g/mol. The highest BCUT2D eigenvalue weighted by Gasteiger charge is 2.39. The fourth-order valence-electron chi connectivity index (χ4n) is 4.67. The number of ether oxygens (including phenoxy) is 1. The van der Waals surface area contributed by atoms with Crippen LogP contribution in [0.3, 0.4) is 0 Å². The Bertz CT molecular complexity index is 1100. The van der Waals surface area contributed by atoms with Crippen LogP contribution in [-0.2, 0) is 29.6 Å². The van der Waals surface area contributed by atoms with Crippen LogP contribution in [0.4, 0.5) is 0 Å². The number of carbonyl (C=O) groups is 3. The second-order valence-electron chi connectivity index (χ2n) is 10.1. The summed E-state index contributed by atoms with van der Waals surface area (Å²) in [5, 5.41) is 2.75. The van der Waals surface area contributed by atoms with Gasteiger partial charge in [0.1, 0.15) is 6.04 Å². The molecule has 0 aromatic heterocycles. The summed E-state index contributed by atoms with van der Waals surface area (Å²) in [7, 11) is 1.32. The lowest BCUT2D eigenvalue weighted by atomic mass is 9.80. The van der Waals surface area contributed by atoms with Gasteiger partial charge in [-0.2, -0.15) is 0 Å². The van der Waals surface area contributed by atoms with E-state index in [2.05, 4.69) is 10.8 Å². The van der Waals surface area contributed by atoms with Gasteiger partial charge in [0.05, 0.1) is 7.11 Å². The summed E-state index contributed by atoms with van der Waals surface area (Å²) in [5.74, 6) is -0.869. The van der Waals surface area contributed by atoms with Gasteiger partial charge in [-0.25, -0.2) is 10.3 Å². The maximum Gasteiger partial charge on any atom is 0.328 e. The van der Waals surface area contributed by atoms with E-state index in [-0.39, 0.29) is 17.7 Å². The van der Waals surface area contributed by atoms with Crippen molar-refractivity contribution in [2.75, 3.05) is 7.11 Å². The normalized spacial score (nSPS) is 12.0. The molecule has 7 nitrogen and oxygen atoms in total. The summed E-state index contributed by atoms with van der Waals surface area (Å²) in [6.45, 7) is 3.72. The molecule has 7 heteroatoms. The Balaban J connectivity index is 1.55. The standard InChI is InChI=1S/C33H40N2O5/c1-25(2)31(32(38)39-3)34-29(36)23-15-4-5-16-24-30(37)35-40-33(26-17-9-6-10-18-26,27-19-11-7-12-20-27)28-21-13-8-14-22-28/h6-14,17-22,25,31H,4-5,15-16,23-24H2,1-3H3,(H,34,36)(H,35,37)/t31-/m0/s1. The van der Waals surface area contributed by atoms with Gasteiger partial charge >= 0.3 is 5.97 Å². The van der Waals surface area contributed by atoms with Gasteiger partial charge in [0.2, 0.25) is 11.8 Å². The highest BCUT2D eigenvalue weighted by molar-refractivity contribution is 5.84. The fraction of sp³-hybridized carbons (Fsp3) is 0.364. The van der Waals surface area contributed by atoms with E-state index in [0.29, 0.717) is 25.7 Å². The van der Waals surface area contributed by atoms with Crippen LogP contribution in [-0.4, -0.2) is 30.9 Å². The molecule has 0 aliphatic heterocycles. The molecule has 40 heavy (non-hydrogen) atoms. The van der Waals surface area contributed by atoms with E-state index in [9.17, 15) is 14.4 Å². The Morgan fingerprint density at radius 2 is 1.10 bits per heavy atom. The van der Waals surface area contributed by atoms with Crippen LogP contribution in [0.25, 0.3) is 0 Å². The van der Waals surface area contributed by atoms with E-state index in [0.717, 1.165) is 29.5 Å². The molecule has 0 saturated carbocycles. The van der Waals surface area contributed by atoms with Crippen molar-refractivity contribution < 1.29 is 24.0 Å². The number of hydroxylamine groups is 1. The first-order chi connectivity index (χ1) is 19.4. The van der Waals surface area contributed by atoms with Gasteiger partial charge in [-0.3, -0.25) is 14.4 Å². The molecule has 0 unspecified atom stereocenters. The number of unbranched alkanes of at least 4 members (excludes halogenated alkanes) is 3. The van der Waals surface area contributed by atoms with Crippen molar-refractivity contribution in [3.05, 3.63) is 108 Å². The molecule has 0 saturated heterocycles. The maximum atomic E-state index is 12.9. The maximum absolute atomic E-state index is 12.9. The second kappa shape index (κ2) is 15.6. The Hall–Kier alpha value is -3.97. The summed E-state index contributed by atoms with van der Waals surface area (Å²) in [6.07, 6.45) is 3.57. The molecule has 212 valence electrons. The molecule has 0 bridgehead atoms. The molecule has 1 atom stereocenters. The van der Waals surface area contributed by atoms with Crippen molar-refractivity contribution in [1.82, 2.24) is 10.8 Å². The molecular formula is C33H40N2O5. The summed E-state index contributed by atoms with van der Waals surface area (Å²) in [5.41, 5.74) is 4.41. The Kier molecular flexibility index (Phi) is 11.9. The summed E-state index contributed by atoms with van der Waals surface area (Å²) in [4.78, 5) is 43.3. The number of hydrogen-bond acceptors (Lipinski definition) is 5. The molecule has 0 radical (unpaired) electrons. The topological polar surface area (TPSA) is 93.7 Å². The fourth-order valence-corrected chi connectivity index (χ4v) is 4.67. The second-order valence-corrected chi connectivity index (χ2v) is 10.1. The molecule has 2 N–H and O–H groups in total. The Morgan fingerprint density at radius 1 is 0.675 bits per heavy atom. The van der Waals surface area contributed by atoms with Crippen LogP contribution in [0.15, 0.2) is 91.0 Å². The third-order valence-corrected chi connectivity index (χ3v) is 6.85. The predicted molar refractivity (Wildman–Crippen MR) is 155 cm³/mol. The average Bonchev–Trinajstić information content (AvgIpc) is 2.99. The Morgan fingerprint density at radius 3 is 1.50 bits per heavy atom. The van der Waals surface area contributed by atoms with E-state index in [1.54, 1.807) is 0 Å². The molecule has 0 aliphatic rings. The quantitative estimate of drug-likeness (QED) is 0.111. The Labute approximate surface area is 237 Å². The molecule has 0 aliphatic carbocycles. The van der Waals surface area contributed by atoms with E-state index >= 15 is 0 Å². The number of rotatable bonds is 15. The van der Waals surface area contributed by atoms with Crippen LogP contribution >= 0.6 is 0 Å². The average molecular weight is 545 g/mol. The third-order valence-electron chi connectivity index (χ3n) is 6.85. The summed E-state index contributed by atoms with van der Waals surface area (Å²) in [6, 6.07) is 28.9. The molecule has 3 aromatic rings. The smallest absolute Gasteiger partial charge is 0.328 e. The first-order valence-electron chi connectivity index (χ1n) is 13.9. The van der Waals surface area contributed by atoms with Crippen LogP contribution in [0.5, 0.6) is 0 Å².